The van der Waals surface area contributed by atoms with Crippen molar-refractivity contribution in [2.24, 2.45) is 5.73 Å². The Bertz CT molecular complexity index is 718. The van der Waals surface area contributed by atoms with Crippen LogP contribution in [-0.4, -0.2) is 19.9 Å². The van der Waals surface area contributed by atoms with Crippen LogP contribution >= 0.6 is 34.5 Å². The molecule has 114 valence electrons. The van der Waals surface area contributed by atoms with E-state index in [1.54, 1.807) is 6.20 Å². The van der Waals surface area contributed by atoms with Gasteiger partial charge in [-0.2, -0.15) is 0 Å². The highest BCUT2D eigenvalue weighted by Gasteiger charge is 2.19. The van der Waals surface area contributed by atoms with Gasteiger partial charge in [0.05, 0.1) is 10.0 Å². The number of benzene rings is 1. The molecule has 0 aliphatic heterocycles. The summed E-state index contributed by atoms with van der Waals surface area (Å²) in [6.45, 7) is 0.379. The number of sulfonamides is 1. The molecule has 0 amide bonds. The molecule has 3 N–H and O–H groups in total. The van der Waals surface area contributed by atoms with Crippen LogP contribution in [0.3, 0.4) is 0 Å². The van der Waals surface area contributed by atoms with E-state index in [0.717, 1.165) is 5.01 Å². The van der Waals surface area contributed by atoms with E-state index >= 15 is 0 Å². The Labute approximate surface area is 137 Å². The van der Waals surface area contributed by atoms with Crippen molar-refractivity contribution in [1.82, 2.24) is 9.71 Å². The van der Waals surface area contributed by atoms with Gasteiger partial charge in [-0.15, -0.1) is 11.3 Å². The molecule has 0 aliphatic carbocycles. The Balaban J connectivity index is 2.15. The number of nitrogens with zero attached hydrogens (tertiary/aromatic N) is 1. The van der Waals surface area contributed by atoms with Gasteiger partial charge in [0.25, 0.3) is 0 Å². The van der Waals surface area contributed by atoms with Crippen LogP contribution in [0.4, 0.5) is 0 Å². The van der Waals surface area contributed by atoms with Crippen LogP contribution in [0.25, 0.3) is 0 Å². The fourth-order valence-electron chi connectivity index (χ4n) is 1.68. The Morgan fingerprint density at radius 3 is 2.67 bits per heavy atom. The topological polar surface area (TPSA) is 85.1 Å². The van der Waals surface area contributed by atoms with Crippen molar-refractivity contribution in [1.29, 1.82) is 0 Å². The lowest BCUT2D eigenvalue weighted by atomic mass is 10.2. The van der Waals surface area contributed by atoms with Crippen molar-refractivity contribution in [3.63, 3.8) is 0 Å². The zero-order valence-electron chi connectivity index (χ0n) is 10.8. The monoisotopic (exact) mass is 365 g/mol. The summed E-state index contributed by atoms with van der Waals surface area (Å²) in [5, 5.41) is 3.12. The molecule has 0 bridgehead atoms. The second-order valence-corrected chi connectivity index (χ2v) is 7.68. The number of aromatic nitrogens is 1. The maximum absolute atomic E-state index is 12.3. The summed E-state index contributed by atoms with van der Waals surface area (Å²) in [5.41, 5.74) is 6.06. The number of nitrogens with one attached hydrogen (secondary N) is 1. The van der Waals surface area contributed by atoms with E-state index in [4.69, 9.17) is 28.9 Å². The minimum absolute atomic E-state index is 0.0202. The lowest BCUT2D eigenvalue weighted by molar-refractivity contribution is 0.581. The quantitative estimate of drug-likeness (QED) is 0.822. The van der Waals surface area contributed by atoms with Crippen molar-refractivity contribution < 1.29 is 8.42 Å². The van der Waals surface area contributed by atoms with Gasteiger partial charge in [-0.1, -0.05) is 23.2 Å². The second kappa shape index (κ2) is 7.04. The molecule has 2 rings (SSSR count). The van der Waals surface area contributed by atoms with Crippen LogP contribution < -0.4 is 10.5 Å². The first-order chi connectivity index (χ1) is 9.94. The van der Waals surface area contributed by atoms with E-state index < -0.39 is 10.0 Å². The van der Waals surface area contributed by atoms with E-state index in [-0.39, 0.29) is 23.0 Å². The average Bonchev–Trinajstić information content (AvgIpc) is 2.91. The Kier molecular flexibility index (Phi) is 5.59. The number of thiazole rings is 1. The van der Waals surface area contributed by atoms with Crippen LogP contribution in [0.1, 0.15) is 10.6 Å². The molecule has 21 heavy (non-hydrogen) atoms. The van der Waals surface area contributed by atoms with Gasteiger partial charge in [0, 0.05) is 36.1 Å². The normalized spacial score (nSPS) is 11.8. The zero-order valence-corrected chi connectivity index (χ0v) is 14.0. The number of hydrogen-bond donors (Lipinski definition) is 2. The molecule has 1 aromatic carbocycles. The molecule has 5 nitrogen and oxygen atoms in total. The summed E-state index contributed by atoms with van der Waals surface area (Å²) in [6, 6.07) is 2.79. The number of nitrogens with two attached hydrogens (primary N) is 1. The van der Waals surface area contributed by atoms with Crippen molar-refractivity contribution >= 4 is 44.6 Å². The minimum atomic E-state index is -3.71. The summed E-state index contributed by atoms with van der Waals surface area (Å²) < 4.78 is 27.0. The van der Waals surface area contributed by atoms with Gasteiger partial charge < -0.3 is 5.73 Å². The fraction of sp³-hybridized carbons (Fsp3) is 0.250. The molecular formula is C12H13Cl2N3O2S2. The lowest BCUT2D eigenvalue weighted by Gasteiger charge is -2.10. The highest BCUT2D eigenvalue weighted by atomic mass is 35.5. The van der Waals surface area contributed by atoms with Crippen LogP contribution in [0.2, 0.25) is 10.0 Å². The van der Waals surface area contributed by atoms with Crippen LogP contribution in [0.15, 0.2) is 28.6 Å². The zero-order chi connectivity index (χ0) is 15.5. The first kappa shape index (κ1) is 16.7. The molecule has 1 heterocycles. The fourth-order valence-corrected chi connectivity index (χ4v) is 4.20. The molecule has 0 atom stereocenters. The molecule has 0 aliphatic rings. The third-order valence-electron chi connectivity index (χ3n) is 2.72. The first-order valence-corrected chi connectivity index (χ1v) is 9.12. The number of hydrogen-bond acceptors (Lipinski definition) is 5. The number of rotatable bonds is 6. The van der Waals surface area contributed by atoms with E-state index in [1.807, 2.05) is 5.38 Å². The third kappa shape index (κ3) is 4.15. The predicted octanol–water partition coefficient (Wildman–Crippen LogP) is 2.43. The van der Waals surface area contributed by atoms with Gasteiger partial charge in [0.1, 0.15) is 4.90 Å². The van der Waals surface area contributed by atoms with Crippen molar-refractivity contribution in [3.05, 3.63) is 44.3 Å². The second-order valence-electron chi connectivity index (χ2n) is 4.15. The van der Waals surface area contributed by atoms with Crippen LogP contribution in [0.5, 0.6) is 0 Å². The van der Waals surface area contributed by atoms with Crippen LogP contribution in [0, 0.1) is 0 Å². The summed E-state index contributed by atoms with van der Waals surface area (Å²) in [4.78, 5) is 4.07. The smallest absolute Gasteiger partial charge is 0.242 e. The van der Waals surface area contributed by atoms with Gasteiger partial charge in [0.15, 0.2) is 0 Å². The first-order valence-electron chi connectivity index (χ1n) is 6.00. The summed E-state index contributed by atoms with van der Waals surface area (Å²) >= 11 is 13.4. The van der Waals surface area contributed by atoms with Gasteiger partial charge in [-0.05, 0) is 17.7 Å². The van der Waals surface area contributed by atoms with Crippen molar-refractivity contribution in [2.75, 3.05) is 6.54 Å². The molecule has 0 saturated carbocycles. The maximum Gasteiger partial charge on any atom is 0.242 e. The summed E-state index contributed by atoms with van der Waals surface area (Å²) in [5.74, 6) is 0. The molecule has 0 spiro atoms. The SMILES string of the molecule is NCc1cc(S(=O)(=O)NCCc2nccs2)c(Cl)cc1Cl. The molecule has 1 aromatic heterocycles. The molecule has 9 heteroatoms. The molecule has 0 unspecified atom stereocenters. The molecule has 2 aromatic rings. The van der Waals surface area contributed by atoms with E-state index in [9.17, 15) is 8.42 Å². The molecular weight excluding hydrogens is 353 g/mol. The van der Waals surface area contributed by atoms with Crippen molar-refractivity contribution in [3.8, 4) is 0 Å². The van der Waals surface area contributed by atoms with E-state index in [0.29, 0.717) is 17.0 Å². The molecule has 0 saturated heterocycles. The molecule has 0 fully saturated rings. The number of halogens is 2. The highest BCUT2D eigenvalue weighted by Crippen LogP contribution is 2.28. The standard InChI is InChI=1S/C12H13Cl2N3O2S2/c13-9-6-10(14)11(5-8(9)7-15)21(18,19)17-2-1-12-16-3-4-20-12/h3-6,17H,1-2,7,15H2. The van der Waals surface area contributed by atoms with Crippen LogP contribution in [-0.2, 0) is 23.0 Å². The Morgan fingerprint density at radius 2 is 2.05 bits per heavy atom. The Hall–Kier alpha value is -0.700. The minimum Gasteiger partial charge on any atom is -0.326 e. The third-order valence-corrected chi connectivity index (χ3v) is 5.84. The average molecular weight is 366 g/mol. The highest BCUT2D eigenvalue weighted by molar-refractivity contribution is 7.89. The maximum atomic E-state index is 12.3. The summed E-state index contributed by atoms with van der Waals surface area (Å²) in [7, 11) is -3.71. The molecule has 0 radical (unpaired) electrons. The van der Waals surface area contributed by atoms with E-state index in [1.165, 1.54) is 23.5 Å². The summed E-state index contributed by atoms with van der Waals surface area (Å²) in [6.07, 6.45) is 2.20. The van der Waals surface area contributed by atoms with Gasteiger partial charge >= 0.3 is 0 Å². The van der Waals surface area contributed by atoms with Gasteiger partial charge in [0.2, 0.25) is 10.0 Å². The van der Waals surface area contributed by atoms with Gasteiger partial charge in [-0.25, -0.2) is 18.1 Å². The Morgan fingerprint density at radius 1 is 1.29 bits per heavy atom. The van der Waals surface area contributed by atoms with Crippen molar-refractivity contribution in [2.45, 2.75) is 17.9 Å². The predicted molar refractivity (Wildman–Crippen MR) is 85.4 cm³/mol. The largest absolute Gasteiger partial charge is 0.326 e. The van der Waals surface area contributed by atoms with E-state index in [2.05, 4.69) is 9.71 Å². The van der Waals surface area contributed by atoms with Gasteiger partial charge in [-0.3, -0.25) is 0 Å². The lowest BCUT2D eigenvalue weighted by Crippen LogP contribution is -2.26.